The summed E-state index contributed by atoms with van der Waals surface area (Å²) in [5.74, 6) is -3.13. The van der Waals surface area contributed by atoms with Gasteiger partial charge in [-0.15, -0.1) is 0 Å². The number of hydrogen-bond acceptors (Lipinski definition) is 5. The smallest absolute Gasteiger partial charge is 0.315 e. The average Bonchev–Trinajstić information content (AvgIpc) is 2.86. The summed E-state index contributed by atoms with van der Waals surface area (Å²) in [5.41, 5.74) is 5.21. The number of benzene rings is 1. The largest absolute Gasteiger partial charge is 0.363 e. The normalized spacial score (nSPS) is 21.2. The van der Waals surface area contributed by atoms with Crippen molar-refractivity contribution < 1.29 is 24.0 Å². The van der Waals surface area contributed by atoms with Crippen molar-refractivity contribution in [3.63, 3.8) is 0 Å². The first-order chi connectivity index (χ1) is 19.1. The van der Waals surface area contributed by atoms with E-state index in [1.807, 2.05) is 71.9 Å². The van der Waals surface area contributed by atoms with Crippen LogP contribution in [-0.4, -0.2) is 65.1 Å². The van der Waals surface area contributed by atoms with Gasteiger partial charge in [-0.05, 0) is 56.4 Å². The van der Waals surface area contributed by atoms with E-state index in [4.69, 9.17) is 5.73 Å². The molecule has 0 spiro atoms. The van der Waals surface area contributed by atoms with Gasteiger partial charge < -0.3 is 26.6 Å². The number of amides is 5. The molecule has 3 rings (SSSR count). The second-order valence-corrected chi connectivity index (χ2v) is 13.7. The van der Waals surface area contributed by atoms with Crippen LogP contribution in [0, 0.1) is 17.3 Å². The predicted octanol–water partition coefficient (Wildman–Crippen LogP) is 2.86. The van der Waals surface area contributed by atoms with Gasteiger partial charge in [-0.2, -0.15) is 0 Å². The number of nitrogens with zero attached hydrogens (tertiary/aromatic N) is 1. The van der Waals surface area contributed by atoms with Gasteiger partial charge in [-0.1, -0.05) is 70.4 Å². The lowest BCUT2D eigenvalue weighted by Gasteiger charge is -2.42. The molecule has 2 fully saturated rings. The van der Waals surface area contributed by atoms with Crippen LogP contribution in [0.4, 0.5) is 4.79 Å². The molecule has 10 heteroatoms. The Kier molecular flexibility index (Phi) is 10.2. The zero-order valence-electron chi connectivity index (χ0n) is 25.3. The molecular formula is C31H47N5O5. The number of primary amides is 1. The predicted molar refractivity (Wildman–Crippen MR) is 157 cm³/mol. The highest BCUT2D eigenvalue weighted by Crippen LogP contribution is 2.35. The quantitative estimate of drug-likeness (QED) is 0.337. The van der Waals surface area contributed by atoms with E-state index in [2.05, 4.69) is 16.0 Å². The van der Waals surface area contributed by atoms with Crippen molar-refractivity contribution in [1.82, 2.24) is 20.9 Å². The molecule has 1 aliphatic heterocycles. The molecule has 1 saturated heterocycles. The maximum atomic E-state index is 13.9. The molecule has 1 unspecified atom stereocenters. The third-order valence-electron chi connectivity index (χ3n) is 8.04. The average molecular weight is 570 g/mol. The number of likely N-dealkylation sites (tertiary alicyclic amines) is 1. The van der Waals surface area contributed by atoms with Gasteiger partial charge in [0.2, 0.25) is 17.6 Å². The Hall–Kier alpha value is -3.43. The van der Waals surface area contributed by atoms with E-state index in [0.717, 1.165) is 24.8 Å². The minimum Gasteiger partial charge on any atom is -0.363 e. The summed E-state index contributed by atoms with van der Waals surface area (Å²) in [6, 6.07) is 7.37. The highest BCUT2D eigenvalue weighted by molar-refractivity contribution is 6.37. The molecule has 226 valence electrons. The second kappa shape index (κ2) is 13.0. The Morgan fingerprint density at radius 2 is 1.59 bits per heavy atom. The second-order valence-electron chi connectivity index (χ2n) is 13.7. The van der Waals surface area contributed by atoms with Gasteiger partial charge >= 0.3 is 6.03 Å². The lowest BCUT2D eigenvalue weighted by atomic mass is 9.78. The number of rotatable bonds is 9. The van der Waals surface area contributed by atoms with E-state index in [9.17, 15) is 24.0 Å². The van der Waals surface area contributed by atoms with Crippen LogP contribution < -0.4 is 21.7 Å². The number of ketones is 1. The molecule has 5 N–H and O–H groups in total. The summed E-state index contributed by atoms with van der Waals surface area (Å²) in [4.78, 5) is 66.6. The summed E-state index contributed by atoms with van der Waals surface area (Å²) in [7, 11) is 0. The third kappa shape index (κ3) is 8.78. The van der Waals surface area contributed by atoms with Crippen molar-refractivity contribution in [3.05, 3.63) is 35.9 Å². The van der Waals surface area contributed by atoms with Crippen LogP contribution >= 0.6 is 0 Å². The number of carbonyl (C=O) groups excluding carboxylic acids is 5. The lowest BCUT2D eigenvalue weighted by molar-refractivity contribution is -0.142. The van der Waals surface area contributed by atoms with E-state index in [0.29, 0.717) is 19.4 Å². The molecule has 2 aliphatic rings. The standard InChI is InChI=1S/C31H47N5O5/c1-30(2,3)25(34-29(41)35-31(4,5)6)28(40)36-16-15-21(20-13-8-7-9-14-20)22(18-36)27(39)33-23(24(37)26(32)38)17-19-11-10-12-19/h7-9,13-14,19,21-23,25H,10-12,15-18H2,1-6H3,(H2,32,38)(H,33,39)(H2,34,35,41)/t21-,22+,23?,25+/m0/s1. The van der Waals surface area contributed by atoms with Crippen LogP contribution in [0.3, 0.4) is 0 Å². The van der Waals surface area contributed by atoms with Gasteiger partial charge in [-0.25, -0.2) is 4.79 Å². The first-order valence-corrected chi connectivity index (χ1v) is 14.6. The fourth-order valence-corrected chi connectivity index (χ4v) is 5.60. The number of carbonyl (C=O) groups is 5. The number of piperidine rings is 1. The van der Waals surface area contributed by atoms with E-state index in [-0.39, 0.29) is 30.2 Å². The highest BCUT2D eigenvalue weighted by Gasteiger charge is 2.43. The first kappa shape index (κ1) is 32.1. The SMILES string of the molecule is CC(C)(C)NC(=O)N[C@H](C(=O)N1CC[C@@H](c2ccccc2)[C@H](C(=O)NC(CC2CCC2)C(=O)C(N)=O)C1)C(C)(C)C. The molecular weight excluding hydrogens is 522 g/mol. The minimum atomic E-state index is -1.07. The molecule has 5 amide bonds. The molecule has 10 nitrogen and oxygen atoms in total. The Morgan fingerprint density at radius 1 is 0.951 bits per heavy atom. The molecule has 0 aromatic heterocycles. The number of Topliss-reactive ketones (excluding diaryl/α,β-unsaturated/α-hetero) is 1. The molecule has 41 heavy (non-hydrogen) atoms. The topological polar surface area (TPSA) is 151 Å². The third-order valence-corrected chi connectivity index (χ3v) is 8.04. The molecule has 0 bridgehead atoms. The number of nitrogens with one attached hydrogen (secondary N) is 3. The van der Waals surface area contributed by atoms with Crippen LogP contribution in [0.25, 0.3) is 0 Å². The maximum absolute atomic E-state index is 13.9. The lowest BCUT2D eigenvalue weighted by Crippen LogP contribution is -2.61. The van der Waals surface area contributed by atoms with Crippen molar-refractivity contribution in [1.29, 1.82) is 0 Å². The van der Waals surface area contributed by atoms with Crippen LogP contribution in [0.1, 0.15) is 85.1 Å². The summed E-state index contributed by atoms with van der Waals surface area (Å²) >= 11 is 0. The molecule has 1 aromatic carbocycles. The van der Waals surface area contributed by atoms with Crippen molar-refractivity contribution in [3.8, 4) is 0 Å². The van der Waals surface area contributed by atoms with Crippen molar-refractivity contribution >= 4 is 29.5 Å². The zero-order chi connectivity index (χ0) is 30.5. The Balaban J connectivity index is 1.85. The van der Waals surface area contributed by atoms with Crippen molar-refractivity contribution in [2.24, 2.45) is 23.0 Å². The molecule has 1 aliphatic carbocycles. The van der Waals surface area contributed by atoms with Crippen LogP contribution in [0.2, 0.25) is 0 Å². The van der Waals surface area contributed by atoms with Gasteiger partial charge in [0.15, 0.2) is 0 Å². The van der Waals surface area contributed by atoms with Crippen LogP contribution in [-0.2, 0) is 19.2 Å². The van der Waals surface area contributed by atoms with E-state index in [1.54, 1.807) is 4.90 Å². The summed E-state index contributed by atoms with van der Waals surface area (Å²) in [6.45, 7) is 11.7. The minimum absolute atomic E-state index is 0.111. The maximum Gasteiger partial charge on any atom is 0.315 e. The van der Waals surface area contributed by atoms with E-state index >= 15 is 0 Å². The van der Waals surface area contributed by atoms with Gasteiger partial charge in [0.25, 0.3) is 5.91 Å². The zero-order valence-corrected chi connectivity index (χ0v) is 25.3. The molecule has 1 aromatic rings. The van der Waals surface area contributed by atoms with Gasteiger partial charge in [-0.3, -0.25) is 19.2 Å². The van der Waals surface area contributed by atoms with Crippen molar-refractivity contribution in [2.75, 3.05) is 13.1 Å². The molecule has 1 heterocycles. The fourth-order valence-electron chi connectivity index (χ4n) is 5.60. The molecule has 4 atom stereocenters. The number of urea groups is 1. The summed E-state index contributed by atoms with van der Waals surface area (Å²) in [5, 5.41) is 8.54. The van der Waals surface area contributed by atoms with Crippen molar-refractivity contribution in [2.45, 2.75) is 97.2 Å². The van der Waals surface area contributed by atoms with Gasteiger partial charge in [0, 0.05) is 18.6 Å². The summed E-state index contributed by atoms with van der Waals surface area (Å²) in [6.07, 6.45) is 3.85. The van der Waals surface area contributed by atoms with Gasteiger partial charge in [0.05, 0.1) is 12.0 Å². The first-order valence-electron chi connectivity index (χ1n) is 14.6. The molecule has 1 saturated carbocycles. The van der Waals surface area contributed by atoms with Crippen LogP contribution in [0.5, 0.6) is 0 Å². The van der Waals surface area contributed by atoms with E-state index < -0.39 is 46.7 Å². The van der Waals surface area contributed by atoms with Gasteiger partial charge in [0.1, 0.15) is 6.04 Å². The van der Waals surface area contributed by atoms with Crippen LogP contribution in [0.15, 0.2) is 30.3 Å². The number of nitrogens with two attached hydrogens (primary N) is 1. The summed E-state index contributed by atoms with van der Waals surface area (Å²) < 4.78 is 0. The van der Waals surface area contributed by atoms with E-state index in [1.165, 1.54) is 0 Å². The molecule has 0 radical (unpaired) electrons. The number of hydrogen-bond donors (Lipinski definition) is 4. The Morgan fingerprint density at radius 3 is 2.10 bits per heavy atom. The highest BCUT2D eigenvalue weighted by atomic mass is 16.2. The Bertz CT molecular complexity index is 1120. The Labute approximate surface area is 243 Å². The fraction of sp³-hybridized carbons (Fsp3) is 0.645. The monoisotopic (exact) mass is 569 g/mol.